The molecule has 4 heteroatoms. The largest absolute Gasteiger partial charge is 0.306 e. The van der Waals surface area contributed by atoms with E-state index in [1.807, 2.05) is 11.3 Å². The molecule has 3 fully saturated rings. The van der Waals surface area contributed by atoms with E-state index < -0.39 is 0 Å². The molecule has 0 spiro atoms. The van der Waals surface area contributed by atoms with Gasteiger partial charge in [-0.2, -0.15) is 0 Å². The van der Waals surface area contributed by atoms with Gasteiger partial charge in [-0.3, -0.25) is 0 Å². The molecule has 1 atom stereocenters. The minimum atomic E-state index is 0.675. The molecule has 3 aliphatic heterocycles. The Balaban J connectivity index is 1.44. The molecule has 1 N–H and O–H groups in total. The third-order valence-electron chi connectivity index (χ3n) is 4.51. The van der Waals surface area contributed by atoms with E-state index in [1.54, 1.807) is 0 Å². The molecule has 0 aliphatic carbocycles. The molecule has 3 saturated heterocycles. The van der Waals surface area contributed by atoms with E-state index in [2.05, 4.69) is 34.5 Å². The van der Waals surface area contributed by atoms with E-state index >= 15 is 0 Å². The van der Waals surface area contributed by atoms with Crippen molar-refractivity contribution < 1.29 is 0 Å². The fourth-order valence-corrected chi connectivity index (χ4v) is 4.33. The van der Waals surface area contributed by atoms with E-state index in [0.29, 0.717) is 6.04 Å². The lowest BCUT2D eigenvalue weighted by molar-refractivity contribution is 0.0720. The third-order valence-corrected chi connectivity index (χ3v) is 5.55. The summed E-state index contributed by atoms with van der Waals surface area (Å²) < 4.78 is 1.30. The van der Waals surface area contributed by atoms with Crippen LogP contribution in [0.3, 0.4) is 0 Å². The van der Waals surface area contributed by atoms with E-state index in [9.17, 15) is 0 Å². The molecule has 5 rings (SSSR count). The van der Waals surface area contributed by atoms with Gasteiger partial charge in [0.05, 0.1) is 10.2 Å². The van der Waals surface area contributed by atoms with Crippen LogP contribution in [0.5, 0.6) is 0 Å². The van der Waals surface area contributed by atoms with Gasteiger partial charge in [-0.25, -0.2) is 4.98 Å². The number of nitrogens with one attached hydrogen (secondary N) is 1. The second kappa shape index (κ2) is 4.85. The summed E-state index contributed by atoms with van der Waals surface area (Å²) in [5, 5.41) is 4.96. The Morgan fingerprint density at radius 3 is 2.84 bits per heavy atom. The lowest BCUT2D eigenvalue weighted by Crippen LogP contribution is -2.55. The summed E-state index contributed by atoms with van der Waals surface area (Å²) >= 11 is 1.82. The highest BCUT2D eigenvalue weighted by atomic mass is 32.1. The molecule has 100 valence electrons. The molecule has 1 aromatic carbocycles. The summed E-state index contributed by atoms with van der Waals surface area (Å²) in [5.74, 6) is 0.888. The standard InChI is InChI=1S/C15H19N3S/c1-2-4-14-12(3-1)17-15(19-14)9-16-13-10-18-7-5-11(13)6-8-18/h1-4,11,13,16H,5-10H2. The van der Waals surface area contributed by atoms with Crippen molar-refractivity contribution in [2.24, 2.45) is 5.92 Å². The molecule has 19 heavy (non-hydrogen) atoms. The van der Waals surface area contributed by atoms with Gasteiger partial charge in [0.15, 0.2) is 0 Å². The zero-order chi connectivity index (χ0) is 12.7. The number of piperidine rings is 3. The van der Waals surface area contributed by atoms with Crippen LogP contribution < -0.4 is 5.32 Å². The number of para-hydroxylation sites is 1. The second-order valence-corrected chi connectivity index (χ2v) is 6.82. The van der Waals surface area contributed by atoms with Gasteiger partial charge in [0.2, 0.25) is 0 Å². The Labute approximate surface area is 117 Å². The summed E-state index contributed by atoms with van der Waals surface area (Å²) in [7, 11) is 0. The van der Waals surface area contributed by atoms with Crippen molar-refractivity contribution in [3.05, 3.63) is 29.3 Å². The number of hydrogen-bond acceptors (Lipinski definition) is 4. The summed E-state index contributed by atoms with van der Waals surface area (Å²) in [5.41, 5.74) is 1.14. The summed E-state index contributed by atoms with van der Waals surface area (Å²) in [6.45, 7) is 4.78. The maximum Gasteiger partial charge on any atom is 0.108 e. The van der Waals surface area contributed by atoms with Crippen LogP contribution in [0, 0.1) is 5.92 Å². The van der Waals surface area contributed by atoms with Gasteiger partial charge >= 0.3 is 0 Å². The molecule has 2 bridgehead atoms. The highest BCUT2D eigenvalue weighted by molar-refractivity contribution is 7.18. The third kappa shape index (κ3) is 2.29. The Kier molecular flexibility index (Phi) is 3.02. The van der Waals surface area contributed by atoms with E-state index in [1.165, 1.54) is 42.2 Å². The maximum absolute atomic E-state index is 4.70. The monoisotopic (exact) mass is 273 g/mol. The quantitative estimate of drug-likeness (QED) is 0.931. The Bertz CT molecular complexity index is 539. The van der Waals surface area contributed by atoms with Crippen LogP contribution in [0.4, 0.5) is 0 Å². The van der Waals surface area contributed by atoms with Crippen molar-refractivity contribution in [2.75, 3.05) is 19.6 Å². The Hall–Kier alpha value is -0.970. The first kappa shape index (κ1) is 11.8. The lowest BCUT2D eigenvalue weighted by Gasteiger charge is -2.45. The van der Waals surface area contributed by atoms with Crippen LogP contribution in [0.25, 0.3) is 10.2 Å². The number of hydrogen-bond donors (Lipinski definition) is 1. The van der Waals surface area contributed by atoms with Gasteiger partial charge in [0.1, 0.15) is 5.01 Å². The van der Waals surface area contributed by atoms with Gasteiger partial charge in [0.25, 0.3) is 0 Å². The number of fused-ring (bicyclic) bond motifs is 4. The fraction of sp³-hybridized carbons (Fsp3) is 0.533. The van der Waals surface area contributed by atoms with Crippen molar-refractivity contribution in [1.82, 2.24) is 15.2 Å². The molecule has 0 radical (unpaired) electrons. The first-order valence-corrected chi connectivity index (χ1v) is 8.00. The molecule has 3 nitrogen and oxygen atoms in total. The van der Waals surface area contributed by atoms with E-state index in [0.717, 1.165) is 18.0 Å². The zero-order valence-corrected chi connectivity index (χ0v) is 11.8. The molecular weight excluding hydrogens is 254 g/mol. The van der Waals surface area contributed by atoms with Crippen LogP contribution in [0.15, 0.2) is 24.3 Å². The molecule has 2 aromatic rings. The number of rotatable bonds is 3. The van der Waals surface area contributed by atoms with Crippen LogP contribution in [0.2, 0.25) is 0 Å². The average Bonchev–Trinajstić information content (AvgIpc) is 2.89. The van der Waals surface area contributed by atoms with Crippen LogP contribution >= 0.6 is 11.3 Å². The summed E-state index contributed by atoms with van der Waals surface area (Å²) in [6.07, 6.45) is 2.75. The normalized spacial score (nSPS) is 30.0. The van der Waals surface area contributed by atoms with Gasteiger partial charge in [-0.15, -0.1) is 11.3 Å². The molecule has 1 unspecified atom stereocenters. The van der Waals surface area contributed by atoms with Crippen LogP contribution in [-0.2, 0) is 6.54 Å². The summed E-state index contributed by atoms with van der Waals surface area (Å²) in [6, 6.07) is 9.08. The molecule has 1 aromatic heterocycles. The van der Waals surface area contributed by atoms with Gasteiger partial charge in [-0.1, -0.05) is 12.1 Å². The minimum absolute atomic E-state index is 0.675. The number of benzene rings is 1. The predicted molar refractivity (Wildman–Crippen MR) is 79.4 cm³/mol. The average molecular weight is 273 g/mol. The minimum Gasteiger partial charge on any atom is -0.306 e. The second-order valence-electron chi connectivity index (χ2n) is 5.70. The molecule has 0 amide bonds. The van der Waals surface area contributed by atoms with Gasteiger partial charge in [-0.05, 0) is 44.0 Å². The first-order chi connectivity index (χ1) is 9.38. The van der Waals surface area contributed by atoms with Gasteiger partial charge in [0, 0.05) is 19.1 Å². The SMILES string of the molecule is c1ccc2sc(CNC3CN4CCC3CC4)nc2c1. The van der Waals surface area contributed by atoms with Crippen molar-refractivity contribution >= 4 is 21.6 Å². The van der Waals surface area contributed by atoms with E-state index in [4.69, 9.17) is 4.98 Å². The lowest BCUT2D eigenvalue weighted by atomic mass is 9.84. The Morgan fingerprint density at radius 2 is 2.11 bits per heavy atom. The van der Waals surface area contributed by atoms with Crippen LogP contribution in [-0.4, -0.2) is 35.6 Å². The maximum atomic E-state index is 4.70. The van der Waals surface area contributed by atoms with Crippen molar-refractivity contribution in [3.63, 3.8) is 0 Å². The predicted octanol–water partition coefficient (Wildman–Crippen LogP) is 2.48. The number of aromatic nitrogens is 1. The number of thiazole rings is 1. The van der Waals surface area contributed by atoms with Gasteiger partial charge < -0.3 is 10.2 Å². The highest BCUT2D eigenvalue weighted by Crippen LogP contribution is 2.28. The molecule has 4 heterocycles. The highest BCUT2D eigenvalue weighted by Gasteiger charge is 2.33. The smallest absolute Gasteiger partial charge is 0.108 e. The molecule has 3 aliphatic rings. The number of nitrogens with zero attached hydrogens (tertiary/aromatic N) is 2. The van der Waals surface area contributed by atoms with Crippen molar-refractivity contribution in [3.8, 4) is 0 Å². The van der Waals surface area contributed by atoms with Crippen LogP contribution in [0.1, 0.15) is 17.8 Å². The molecule has 0 saturated carbocycles. The fourth-order valence-electron chi connectivity index (χ4n) is 3.41. The summed E-state index contributed by atoms with van der Waals surface area (Å²) in [4.78, 5) is 7.29. The Morgan fingerprint density at radius 1 is 1.26 bits per heavy atom. The van der Waals surface area contributed by atoms with E-state index in [-0.39, 0.29) is 0 Å². The first-order valence-electron chi connectivity index (χ1n) is 7.19. The van der Waals surface area contributed by atoms with Crippen molar-refractivity contribution in [2.45, 2.75) is 25.4 Å². The zero-order valence-electron chi connectivity index (χ0n) is 11.0. The topological polar surface area (TPSA) is 28.2 Å². The van der Waals surface area contributed by atoms with Crippen molar-refractivity contribution in [1.29, 1.82) is 0 Å². The molecular formula is C15H19N3S.